The maximum absolute atomic E-state index is 3.88. The molecule has 0 nitrogen and oxygen atoms in total. The van der Waals surface area contributed by atoms with E-state index in [1.54, 1.807) is 11.1 Å². The molecule has 0 bridgehead atoms. The smallest absolute Gasteiger partial charge is 0.0276 e. The van der Waals surface area contributed by atoms with E-state index < -0.39 is 0 Å². The second-order valence-electron chi connectivity index (χ2n) is 3.83. The molecule has 0 saturated heterocycles. The first-order valence-corrected chi connectivity index (χ1v) is 5.74. The van der Waals surface area contributed by atoms with Crippen molar-refractivity contribution in [3.8, 4) is 0 Å². The van der Waals surface area contributed by atoms with Crippen LogP contribution in [0.1, 0.15) is 43.7 Å². The fourth-order valence-corrected chi connectivity index (χ4v) is 1.81. The largest absolute Gasteiger partial charge is 0.0651 e. The summed E-state index contributed by atoms with van der Waals surface area (Å²) in [4.78, 5) is 0. The summed E-state index contributed by atoms with van der Waals surface area (Å²) in [6.45, 7) is 6.12. The van der Waals surface area contributed by atoms with Crippen molar-refractivity contribution in [1.82, 2.24) is 0 Å². The van der Waals surface area contributed by atoms with Crippen molar-refractivity contribution in [1.29, 1.82) is 0 Å². The second-order valence-corrected chi connectivity index (χ2v) is 3.83. The zero-order chi connectivity index (χ0) is 10.2. The molecule has 0 fully saturated rings. The minimum Gasteiger partial charge on any atom is -0.0651 e. The number of rotatable bonds is 6. The average molecular weight is 189 g/mol. The molecule has 0 aliphatic rings. The van der Waals surface area contributed by atoms with E-state index in [-0.39, 0.29) is 0 Å². The number of hydrogen-bond acceptors (Lipinski definition) is 0. The van der Waals surface area contributed by atoms with E-state index in [0.29, 0.717) is 0 Å². The van der Waals surface area contributed by atoms with Crippen molar-refractivity contribution < 1.29 is 0 Å². The monoisotopic (exact) mass is 189 g/mol. The third kappa shape index (κ3) is 3.53. The summed E-state index contributed by atoms with van der Waals surface area (Å²) >= 11 is 0. The molecule has 0 saturated carbocycles. The van der Waals surface area contributed by atoms with Crippen LogP contribution in [0.3, 0.4) is 0 Å². The van der Waals surface area contributed by atoms with Crippen LogP contribution in [-0.2, 0) is 12.8 Å². The van der Waals surface area contributed by atoms with Crippen molar-refractivity contribution in [2.75, 3.05) is 0 Å². The van der Waals surface area contributed by atoms with E-state index in [4.69, 9.17) is 0 Å². The molecule has 0 heterocycles. The molecule has 1 aromatic carbocycles. The first-order chi connectivity index (χ1) is 6.88. The fraction of sp³-hybridized carbons (Fsp3) is 0.500. The van der Waals surface area contributed by atoms with E-state index in [0.717, 1.165) is 6.42 Å². The summed E-state index contributed by atoms with van der Waals surface area (Å²) in [6.07, 6.45) is 7.29. The summed E-state index contributed by atoms with van der Waals surface area (Å²) < 4.78 is 0. The van der Waals surface area contributed by atoms with E-state index in [2.05, 4.69) is 38.1 Å². The normalized spacial score (nSPS) is 10.4. The summed E-state index contributed by atoms with van der Waals surface area (Å²) in [6, 6.07) is 8.84. The van der Waals surface area contributed by atoms with E-state index in [1.165, 1.54) is 32.1 Å². The van der Waals surface area contributed by atoms with Crippen LogP contribution in [0.2, 0.25) is 0 Å². The predicted octanol–water partition coefficient (Wildman–Crippen LogP) is 4.19. The van der Waals surface area contributed by atoms with Gasteiger partial charge in [0.1, 0.15) is 0 Å². The van der Waals surface area contributed by atoms with Gasteiger partial charge in [0, 0.05) is 0 Å². The molecule has 1 rings (SSSR count). The van der Waals surface area contributed by atoms with E-state index >= 15 is 0 Å². The Morgan fingerprint density at radius 2 is 1.64 bits per heavy atom. The molecule has 0 aliphatic heterocycles. The second kappa shape index (κ2) is 6.64. The van der Waals surface area contributed by atoms with Crippen LogP contribution in [0.5, 0.6) is 0 Å². The summed E-state index contributed by atoms with van der Waals surface area (Å²) in [7, 11) is 0. The van der Waals surface area contributed by atoms with Gasteiger partial charge in [-0.3, -0.25) is 0 Å². The highest BCUT2D eigenvalue weighted by Crippen LogP contribution is 2.14. The molecule has 0 aromatic heterocycles. The topological polar surface area (TPSA) is 0 Å². The van der Waals surface area contributed by atoms with Gasteiger partial charge in [0.05, 0.1) is 0 Å². The standard InChI is InChI=1S/C14H21/c1-3-5-6-10-14-12-8-7-11-13(14)9-4-2/h7-8,11-12H,1,3-6,9-10H2,2H3. The lowest BCUT2D eigenvalue weighted by atomic mass is 9.98. The van der Waals surface area contributed by atoms with Gasteiger partial charge in [-0.05, 0) is 30.4 Å². The SMILES string of the molecule is [CH2]CCCCc1ccccc1CCC. The minimum absolute atomic E-state index is 1.07. The molecule has 77 valence electrons. The third-order valence-corrected chi connectivity index (χ3v) is 2.58. The quantitative estimate of drug-likeness (QED) is 0.589. The Morgan fingerprint density at radius 3 is 2.21 bits per heavy atom. The Morgan fingerprint density at radius 1 is 1.00 bits per heavy atom. The van der Waals surface area contributed by atoms with Gasteiger partial charge in [0.15, 0.2) is 0 Å². The zero-order valence-electron chi connectivity index (χ0n) is 9.26. The van der Waals surface area contributed by atoms with Gasteiger partial charge in [0.25, 0.3) is 0 Å². The molecule has 0 heteroatoms. The van der Waals surface area contributed by atoms with Gasteiger partial charge >= 0.3 is 0 Å². The summed E-state index contributed by atoms with van der Waals surface area (Å²) in [5.41, 5.74) is 3.09. The lowest BCUT2D eigenvalue weighted by Crippen LogP contribution is -1.93. The van der Waals surface area contributed by atoms with Gasteiger partial charge in [-0.15, -0.1) is 0 Å². The Bertz CT molecular complexity index is 250. The maximum atomic E-state index is 3.88. The molecule has 0 unspecified atom stereocenters. The lowest BCUT2D eigenvalue weighted by Gasteiger charge is -2.07. The van der Waals surface area contributed by atoms with E-state index in [1.807, 2.05) is 0 Å². The third-order valence-electron chi connectivity index (χ3n) is 2.58. The zero-order valence-corrected chi connectivity index (χ0v) is 9.26. The average Bonchev–Trinajstić information content (AvgIpc) is 2.21. The Kier molecular flexibility index (Phi) is 5.36. The van der Waals surface area contributed by atoms with Gasteiger partial charge in [-0.2, -0.15) is 0 Å². The number of unbranched alkanes of at least 4 members (excludes halogenated alkanes) is 2. The van der Waals surface area contributed by atoms with Crippen LogP contribution in [0.4, 0.5) is 0 Å². The Labute approximate surface area is 88.4 Å². The van der Waals surface area contributed by atoms with Crippen LogP contribution in [-0.4, -0.2) is 0 Å². The molecule has 0 atom stereocenters. The van der Waals surface area contributed by atoms with E-state index in [9.17, 15) is 0 Å². The van der Waals surface area contributed by atoms with Gasteiger partial charge in [-0.1, -0.05) is 57.4 Å². The van der Waals surface area contributed by atoms with Crippen LogP contribution in [0, 0.1) is 6.92 Å². The van der Waals surface area contributed by atoms with Gasteiger partial charge < -0.3 is 0 Å². The van der Waals surface area contributed by atoms with Crippen LogP contribution in [0.15, 0.2) is 24.3 Å². The van der Waals surface area contributed by atoms with Crippen molar-refractivity contribution in [2.45, 2.75) is 45.4 Å². The van der Waals surface area contributed by atoms with Crippen LogP contribution in [0.25, 0.3) is 0 Å². The molecule has 0 N–H and O–H groups in total. The van der Waals surface area contributed by atoms with Crippen molar-refractivity contribution in [2.24, 2.45) is 0 Å². The Hall–Kier alpha value is -0.780. The lowest BCUT2D eigenvalue weighted by molar-refractivity contribution is 0.738. The molecular weight excluding hydrogens is 168 g/mol. The minimum atomic E-state index is 1.07. The fourth-order valence-electron chi connectivity index (χ4n) is 1.81. The van der Waals surface area contributed by atoms with Crippen molar-refractivity contribution in [3.63, 3.8) is 0 Å². The molecule has 0 aliphatic carbocycles. The predicted molar refractivity (Wildman–Crippen MR) is 63.3 cm³/mol. The molecule has 0 spiro atoms. The van der Waals surface area contributed by atoms with Crippen molar-refractivity contribution in [3.05, 3.63) is 42.3 Å². The molecular formula is C14H21. The highest BCUT2D eigenvalue weighted by Gasteiger charge is 1.99. The Balaban J connectivity index is 2.55. The molecule has 1 aromatic rings. The first-order valence-electron chi connectivity index (χ1n) is 5.74. The molecule has 0 amide bonds. The molecule has 14 heavy (non-hydrogen) atoms. The number of benzene rings is 1. The number of hydrogen-bond donors (Lipinski definition) is 0. The first kappa shape index (κ1) is 11.3. The van der Waals surface area contributed by atoms with Gasteiger partial charge in [0.2, 0.25) is 0 Å². The van der Waals surface area contributed by atoms with Gasteiger partial charge in [-0.25, -0.2) is 0 Å². The molecule has 1 radical (unpaired) electrons. The van der Waals surface area contributed by atoms with Crippen LogP contribution >= 0.6 is 0 Å². The summed E-state index contributed by atoms with van der Waals surface area (Å²) in [5, 5.41) is 0. The highest BCUT2D eigenvalue weighted by atomic mass is 14.0. The van der Waals surface area contributed by atoms with Crippen LogP contribution < -0.4 is 0 Å². The number of aryl methyl sites for hydroxylation is 2. The summed E-state index contributed by atoms with van der Waals surface area (Å²) in [5.74, 6) is 0. The highest BCUT2D eigenvalue weighted by molar-refractivity contribution is 5.27. The van der Waals surface area contributed by atoms with Crippen molar-refractivity contribution >= 4 is 0 Å². The maximum Gasteiger partial charge on any atom is -0.0276 e.